The highest BCUT2D eigenvalue weighted by molar-refractivity contribution is 6.98. The van der Waals surface area contributed by atoms with Crippen LogP contribution < -0.4 is 21.1 Å². The zero-order valence-corrected chi connectivity index (χ0v) is 19.4. The molecular formula is C30H24BNO. The van der Waals surface area contributed by atoms with Gasteiger partial charge in [-0.25, -0.2) is 4.85 Å². The number of nitrogens with zero attached hydrogens (tertiary/aromatic N) is 1. The van der Waals surface area contributed by atoms with E-state index in [0.29, 0.717) is 5.69 Å². The summed E-state index contributed by atoms with van der Waals surface area (Å²) in [6, 6.07) is 25.6. The van der Waals surface area contributed by atoms with Crippen molar-refractivity contribution in [1.82, 2.24) is 0 Å². The van der Waals surface area contributed by atoms with Crippen LogP contribution in [0.15, 0.2) is 72.8 Å². The van der Waals surface area contributed by atoms with Crippen LogP contribution in [0.2, 0.25) is 0 Å². The summed E-state index contributed by atoms with van der Waals surface area (Å²) in [5, 5.41) is 0. The van der Waals surface area contributed by atoms with Crippen LogP contribution in [0.5, 0.6) is 11.5 Å². The van der Waals surface area contributed by atoms with Gasteiger partial charge in [-0.05, 0) is 70.8 Å². The SMILES string of the molecule is [C-]#[N+]c1cccc(-c2ccc3c(c2)C(C)(C)c2c(C)ccc4c2B3c2cc(C)ccc2O4)c1. The minimum Gasteiger partial charge on any atom is -0.458 e. The van der Waals surface area contributed by atoms with E-state index in [2.05, 4.69) is 87.1 Å². The van der Waals surface area contributed by atoms with Gasteiger partial charge in [-0.1, -0.05) is 79.5 Å². The second-order valence-corrected chi connectivity index (χ2v) is 9.83. The molecule has 0 unspecified atom stereocenters. The van der Waals surface area contributed by atoms with E-state index in [1.807, 2.05) is 18.2 Å². The van der Waals surface area contributed by atoms with Crippen molar-refractivity contribution in [2.75, 3.05) is 0 Å². The van der Waals surface area contributed by atoms with Crippen LogP contribution in [0.4, 0.5) is 5.69 Å². The van der Waals surface area contributed by atoms with Crippen molar-refractivity contribution in [3.63, 3.8) is 0 Å². The summed E-state index contributed by atoms with van der Waals surface area (Å²) in [5.41, 5.74) is 11.9. The summed E-state index contributed by atoms with van der Waals surface area (Å²) in [6.07, 6.45) is 0. The molecule has 0 aliphatic carbocycles. The minimum atomic E-state index is -0.167. The van der Waals surface area contributed by atoms with Gasteiger partial charge >= 0.3 is 0 Å². The van der Waals surface area contributed by atoms with Crippen molar-refractivity contribution in [2.24, 2.45) is 0 Å². The first kappa shape index (κ1) is 19.9. The summed E-state index contributed by atoms with van der Waals surface area (Å²) in [6.45, 7) is 16.6. The molecule has 3 heteroatoms. The van der Waals surface area contributed by atoms with Gasteiger partial charge in [0, 0.05) is 5.41 Å². The number of rotatable bonds is 1. The predicted molar refractivity (Wildman–Crippen MR) is 137 cm³/mol. The lowest BCUT2D eigenvalue weighted by molar-refractivity contribution is 0.484. The molecule has 0 saturated heterocycles. The Morgan fingerprint density at radius 3 is 2.42 bits per heavy atom. The molecule has 0 spiro atoms. The molecule has 158 valence electrons. The number of benzene rings is 4. The second-order valence-electron chi connectivity index (χ2n) is 9.83. The summed E-state index contributed by atoms with van der Waals surface area (Å²) < 4.78 is 6.43. The number of ether oxygens (including phenoxy) is 1. The minimum absolute atomic E-state index is 0.158. The highest BCUT2D eigenvalue weighted by atomic mass is 16.5. The highest BCUT2D eigenvalue weighted by Crippen LogP contribution is 2.41. The quantitative estimate of drug-likeness (QED) is 0.245. The van der Waals surface area contributed by atoms with E-state index in [9.17, 15) is 0 Å². The maximum Gasteiger partial charge on any atom is 0.251 e. The fourth-order valence-corrected chi connectivity index (χ4v) is 5.92. The Labute approximate surface area is 195 Å². The maximum absolute atomic E-state index is 7.40. The Morgan fingerprint density at radius 2 is 1.61 bits per heavy atom. The molecule has 0 radical (unpaired) electrons. The van der Waals surface area contributed by atoms with E-state index >= 15 is 0 Å². The third-order valence-corrected chi connectivity index (χ3v) is 7.37. The van der Waals surface area contributed by atoms with E-state index in [1.165, 1.54) is 38.6 Å². The average Bonchev–Trinajstić information content (AvgIpc) is 2.82. The van der Waals surface area contributed by atoms with E-state index < -0.39 is 0 Å². The highest BCUT2D eigenvalue weighted by Gasteiger charge is 2.45. The van der Waals surface area contributed by atoms with Crippen LogP contribution in [0.25, 0.3) is 16.0 Å². The molecule has 2 nitrogen and oxygen atoms in total. The number of aryl methyl sites for hydroxylation is 2. The van der Waals surface area contributed by atoms with Crippen LogP contribution in [-0.4, -0.2) is 6.71 Å². The van der Waals surface area contributed by atoms with E-state index in [0.717, 1.165) is 22.6 Å². The Kier molecular flexibility index (Phi) is 4.14. The fraction of sp³-hybridized carbons (Fsp3) is 0.167. The predicted octanol–water partition coefficient (Wildman–Crippen LogP) is 5.78. The van der Waals surface area contributed by atoms with Crippen molar-refractivity contribution in [2.45, 2.75) is 33.1 Å². The Bertz CT molecular complexity index is 1510. The number of hydrogen-bond acceptors (Lipinski definition) is 1. The lowest BCUT2D eigenvalue weighted by Crippen LogP contribution is -2.62. The largest absolute Gasteiger partial charge is 0.458 e. The molecule has 0 bridgehead atoms. The lowest BCUT2D eigenvalue weighted by Gasteiger charge is -2.42. The molecule has 2 heterocycles. The molecule has 0 saturated carbocycles. The van der Waals surface area contributed by atoms with E-state index in [-0.39, 0.29) is 12.1 Å². The van der Waals surface area contributed by atoms with E-state index in [1.54, 1.807) is 0 Å². The molecular weight excluding hydrogens is 401 g/mol. The summed E-state index contributed by atoms with van der Waals surface area (Å²) in [4.78, 5) is 3.63. The van der Waals surface area contributed by atoms with Crippen LogP contribution in [0, 0.1) is 20.4 Å². The first-order valence-corrected chi connectivity index (χ1v) is 11.4. The van der Waals surface area contributed by atoms with Crippen molar-refractivity contribution in [1.29, 1.82) is 0 Å². The molecule has 0 atom stereocenters. The van der Waals surface area contributed by atoms with Crippen molar-refractivity contribution < 1.29 is 4.74 Å². The van der Waals surface area contributed by atoms with Crippen LogP contribution in [-0.2, 0) is 5.41 Å². The molecule has 0 amide bonds. The van der Waals surface area contributed by atoms with Crippen molar-refractivity contribution in [3.8, 4) is 22.6 Å². The van der Waals surface area contributed by atoms with Gasteiger partial charge in [-0.2, -0.15) is 0 Å². The van der Waals surface area contributed by atoms with Crippen molar-refractivity contribution >= 4 is 28.8 Å². The van der Waals surface area contributed by atoms with Crippen LogP contribution in [0.1, 0.15) is 36.1 Å². The maximum atomic E-state index is 7.40. The molecule has 0 N–H and O–H groups in total. The lowest BCUT2D eigenvalue weighted by atomic mass is 9.30. The molecule has 6 rings (SSSR count). The standard InChI is InChI=1S/C30H24BNO/c1-18-9-13-26-25(15-18)31-24-12-11-21(20-7-6-8-22(16-20)32-5)17-23(24)30(3,4)28-19(2)10-14-27(33-26)29(28)31/h6-17H,1-4H3. The molecule has 4 aromatic carbocycles. The topological polar surface area (TPSA) is 13.6 Å². The van der Waals surface area contributed by atoms with E-state index in [4.69, 9.17) is 11.3 Å². The first-order chi connectivity index (χ1) is 15.9. The fourth-order valence-electron chi connectivity index (χ4n) is 5.92. The summed E-state index contributed by atoms with van der Waals surface area (Å²) in [5.74, 6) is 1.93. The molecule has 0 aromatic heterocycles. The van der Waals surface area contributed by atoms with Crippen molar-refractivity contribution in [3.05, 3.63) is 106 Å². The first-order valence-electron chi connectivity index (χ1n) is 11.4. The number of fused-ring (bicyclic) bond motifs is 4. The second kappa shape index (κ2) is 6.86. The van der Waals surface area contributed by atoms with Gasteiger partial charge in [-0.3, -0.25) is 0 Å². The van der Waals surface area contributed by atoms with Crippen LogP contribution >= 0.6 is 0 Å². The van der Waals surface area contributed by atoms with Gasteiger partial charge in [0.05, 0.1) is 6.57 Å². The molecule has 2 aliphatic rings. The molecule has 33 heavy (non-hydrogen) atoms. The average molecular weight is 425 g/mol. The smallest absolute Gasteiger partial charge is 0.251 e. The Hall–Kier alpha value is -3.77. The zero-order valence-electron chi connectivity index (χ0n) is 19.4. The molecule has 4 aromatic rings. The molecule has 2 aliphatic heterocycles. The van der Waals surface area contributed by atoms with Gasteiger partial charge in [0.2, 0.25) is 0 Å². The summed E-state index contributed by atoms with van der Waals surface area (Å²) >= 11 is 0. The number of hydrogen-bond donors (Lipinski definition) is 0. The van der Waals surface area contributed by atoms with Gasteiger partial charge in [0.1, 0.15) is 11.5 Å². The Balaban J connectivity index is 1.65. The van der Waals surface area contributed by atoms with Gasteiger partial charge < -0.3 is 4.74 Å². The normalized spacial score (nSPS) is 14.5. The third kappa shape index (κ3) is 2.81. The summed E-state index contributed by atoms with van der Waals surface area (Å²) in [7, 11) is 0. The van der Waals surface area contributed by atoms with Crippen LogP contribution in [0.3, 0.4) is 0 Å². The van der Waals surface area contributed by atoms with Gasteiger partial charge in [0.25, 0.3) is 6.71 Å². The van der Waals surface area contributed by atoms with Gasteiger partial charge in [0.15, 0.2) is 5.69 Å². The monoisotopic (exact) mass is 425 g/mol. The third-order valence-electron chi connectivity index (χ3n) is 7.37. The van der Waals surface area contributed by atoms with Gasteiger partial charge in [-0.15, -0.1) is 0 Å². The zero-order chi connectivity index (χ0) is 22.9. The molecule has 0 fully saturated rings. The Morgan fingerprint density at radius 1 is 0.818 bits per heavy atom.